The quantitative estimate of drug-likeness (QED) is 0.866. The van der Waals surface area contributed by atoms with Gasteiger partial charge in [0.1, 0.15) is 0 Å². The fourth-order valence-electron chi connectivity index (χ4n) is 1.49. The molecule has 2 nitrogen and oxygen atoms in total. The molecule has 0 heterocycles. The average molecular weight is 253 g/mol. The molecular weight excluding hydrogens is 229 g/mol. The molecule has 0 aromatic heterocycles. The zero-order valence-electron chi connectivity index (χ0n) is 12.0. The van der Waals surface area contributed by atoms with Crippen molar-refractivity contribution in [3.8, 4) is 5.75 Å². The van der Waals surface area contributed by atoms with E-state index >= 15 is 0 Å². The molecule has 1 N–H and O–H groups in total. The molecule has 3 heteroatoms. The van der Waals surface area contributed by atoms with Crippen LogP contribution in [0.2, 0.25) is 0 Å². The molecule has 0 radical (unpaired) electrons. The van der Waals surface area contributed by atoms with Crippen molar-refractivity contribution < 1.29 is 9.13 Å². The van der Waals surface area contributed by atoms with Crippen LogP contribution in [0, 0.1) is 18.7 Å². The molecule has 1 unspecified atom stereocenters. The minimum absolute atomic E-state index is 0.100. The molecule has 102 valence electrons. The van der Waals surface area contributed by atoms with Crippen molar-refractivity contribution in [1.82, 2.24) is 5.32 Å². The smallest absolute Gasteiger partial charge is 0.165 e. The lowest BCUT2D eigenvalue weighted by atomic mass is 10.1. The summed E-state index contributed by atoms with van der Waals surface area (Å²) in [5, 5.41) is 3.41. The number of hydrogen-bond donors (Lipinski definition) is 1. The van der Waals surface area contributed by atoms with Crippen LogP contribution in [0.3, 0.4) is 0 Å². The van der Waals surface area contributed by atoms with Crippen molar-refractivity contribution in [2.24, 2.45) is 5.92 Å². The Labute approximate surface area is 110 Å². The molecule has 1 rings (SSSR count). The zero-order chi connectivity index (χ0) is 13.8. The molecule has 0 fully saturated rings. The lowest BCUT2D eigenvalue weighted by Gasteiger charge is -2.23. The Morgan fingerprint density at radius 2 is 2.00 bits per heavy atom. The molecule has 0 spiro atoms. The van der Waals surface area contributed by atoms with Crippen LogP contribution < -0.4 is 10.1 Å². The second-order valence-electron chi connectivity index (χ2n) is 5.98. The van der Waals surface area contributed by atoms with Gasteiger partial charge in [-0.1, -0.05) is 13.0 Å². The van der Waals surface area contributed by atoms with E-state index in [1.165, 1.54) is 6.07 Å². The lowest BCUT2D eigenvalue weighted by molar-refractivity contribution is 0.235. The predicted octanol–water partition coefficient (Wildman–Crippen LogP) is 3.54. The number of ether oxygens (including phenoxy) is 1. The summed E-state index contributed by atoms with van der Waals surface area (Å²) in [7, 11) is 0. The first kappa shape index (κ1) is 15.0. The van der Waals surface area contributed by atoms with Crippen LogP contribution >= 0.6 is 0 Å². The summed E-state index contributed by atoms with van der Waals surface area (Å²) >= 11 is 0. The van der Waals surface area contributed by atoms with Gasteiger partial charge in [-0.2, -0.15) is 0 Å². The van der Waals surface area contributed by atoms with Crippen molar-refractivity contribution in [2.75, 3.05) is 13.2 Å². The number of rotatable bonds is 5. The third kappa shape index (κ3) is 5.50. The van der Waals surface area contributed by atoms with Gasteiger partial charge in [0, 0.05) is 18.0 Å². The Kier molecular flexibility index (Phi) is 5.15. The molecule has 0 aliphatic heterocycles. The number of aryl methyl sites for hydroxylation is 1. The van der Waals surface area contributed by atoms with Crippen molar-refractivity contribution in [2.45, 2.75) is 40.2 Å². The van der Waals surface area contributed by atoms with Gasteiger partial charge >= 0.3 is 0 Å². The first-order valence-corrected chi connectivity index (χ1v) is 6.42. The van der Waals surface area contributed by atoms with E-state index in [9.17, 15) is 4.39 Å². The fraction of sp³-hybridized carbons (Fsp3) is 0.600. The molecular formula is C15H24FNO. The summed E-state index contributed by atoms with van der Waals surface area (Å²) in [6, 6.07) is 4.93. The van der Waals surface area contributed by atoms with Gasteiger partial charge in [-0.3, -0.25) is 0 Å². The summed E-state index contributed by atoms with van der Waals surface area (Å²) in [6.45, 7) is 11.8. The Morgan fingerprint density at radius 3 is 2.61 bits per heavy atom. The normalized spacial score (nSPS) is 13.4. The first-order chi connectivity index (χ1) is 8.28. The minimum atomic E-state index is -0.295. The molecule has 1 aromatic carbocycles. The van der Waals surface area contributed by atoms with Gasteiger partial charge in [-0.05, 0) is 45.4 Å². The van der Waals surface area contributed by atoms with E-state index < -0.39 is 0 Å². The zero-order valence-corrected chi connectivity index (χ0v) is 12.0. The standard InChI is InChI=1S/C15H24FNO/c1-11-6-7-13(16)14(8-11)18-10-12(2)9-17-15(3,4)5/h6-8,12,17H,9-10H2,1-5H3. The first-order valence-electron chi connectivity index (χ1n) is 6.42. The second-order valence-corrected chi connectivity index (χ2v) is 5.98. The summed E-state index contributed by atoms with van der Waals surface area (Å²) < 4.78 is 19.0. The van der Waals surface area contributed by atoms with Crippen LogP contribution in [0.25, 0.3) is 0 Å². The Balaban J connectivity index is 2.42. The van der Waals surface area contributed by atoms with Crippen LogP contribution in [0.4, 0.5) is 4.39 Å². The Hall–Kier alpha value is -1.09. The molecule has 1 aromatic rings. The van der Waals surface area contributed by atoms with Crippen molar-refractivity contribution in [3.05, 3.63) is 29.6 Å². The Bertz CT molecular complexity index is 385. The van der Waals surface area contributed by atoms with Crippen LogP contribution in [0.1, 0.15) is 33.3 Å². The van der Waals surface area contributed by atoms with Gasteiger partial charge in [0.05, 0.1) is 6.61 Å². The second kappa shape index (κ2) is 6.19. The minimum Gasteiger partial charge on any atom is -0.490 e. The highest BCUT2D eigenvalue weighted by atomic mass is 19.1. The van der Waals surface area contributed by atoms with Gasteiger partial charge in [-0.15, -0.1) is 0 Å². The maximum atomic E-state index is 13.5. The average Bonchev–Trinajstić information content (AvgIpc) is 2.26. The largest absolute Gasteiger partial charge is 0.490 e. The Morgan fingerprint density at radius 1 is 1.33 bits per heavy atom. The van der Waals surface area contributed by atoms with Gasteiger partial charge in [0.2, 0.25) is 0 Å². The van der Waals surface area contributed by atoms with Crippen molar-refractivity contribution in [3.63, 3.8) is 0 Å². The topological polar surface area (TPSA) is 21.3 Å². The number of hydrogen-bond acceptors (Lipinski definition) is 2. The van der Waals surface area contributed by atoms with E-state index in [1.54, 1.807) is 12.1 Å². The van der Waals surface area contributed by atoms with Gasteiger partial charge in [0.25, 0.3) is 0 Å². The summed E-state index contributed by atoms with van der Waals surface area (Å²) in [5.41, 5.74) is 1.11. The lowest BCUT2D eigenvalue weighted by Crippen LogP contribution is -2.39. The van der Waals surface area contributed by atoms with Crippen LogP contribution in [0.15, 0.2) is 18.2 Å². The molecule has 1 atom stereocenters. The molecule has 0 saturated carbocycles. The van der Waals surface area contributed by atoms with Gasteiger partial charge in [-0.25, -0.2) is 4.39 Å². The maximum absolute atomic E-state index is 13.5. The maximum Gasteiger partial charge on any atom is 0.165 e. The molecule has 0 amide bonds. The van der Waals surface area contributed by atoms with E-state index in [2.05, 4.69) is 33.0 Å². The third-order valence-corrected chi connectivity index (χ3v) is 2.59. The molecule has 0 bridgehead atoms. The highest BCUT2D eigenvalue weighted by Crippen LogP contribution is 2.19. The van der Waals surface area contributed by atoms with Gasteiger partial charge in [0.15, 0.2) is 11.6 Å². The van der Waals surface area contributed by atoms with E-state index in [-0.39, 0.29) is 11.4 Å². The number of nitrogens with one attached hydrogen (secondary N) is 1. The summed E-state index contributed by atoms with van der Waals surface area (Å²) in [4.78, 5) is 0. The third-order valence-electron chi connectivity index (χ3n) is 2.59. The molecule has 0 aliphatic carbocycles. The molecule has 18 heavy (non-hydrogen) atoms. The van der Waals surface area contributed by atoms with E-state index in [1.807, 2.05) is 6.92 Å². The molecule has 0 saturated heterocycles. The van der Waals surface area contributed by atoms with Crippen LogP contribution in [-0.4, -0.2) is 18.7 Å². The highest BCUT2D eigenvalue weighted by Gasteiger charge is 2.12. The number of halogens is 1. The van der Waals surface area contributed by atoms with Gasteiger partial charge < -0.3 is 10.1 Å². The number of benzene rings is 1. The fourth-order valence-corrected chi connectivity index (χ4v) is 1.49. The van der Waals surface area contributed by atoms with Crippen molar-refractivity contribution >= 4 is 0 Å². The summed E-state index contributed by atoms with van der Waals surface area (Å²) in [5.74, 6) is 0.387. The van der Waals surface area contributed by atoms with E-state index in [0.717, 1.165) is 12.1 Å². The predicted molar refractivity (Wildman–Crippen MR) is 73.6 cm³/mol. The van der Waals surface area contributed by atoms with E-state index in [4.69, 9.17) is 4.74 Å². The monoisotopic (exact) mass is 253 g/mol. The summed E-state index contributed by atoms with van der Waals surface area (Å²) in [6.07, 6.45) is 0. The SMILES string of the molecule is Cc1ccc(F)c(OCC(C)CNC(C)(C)C)c1. The molecule has 0 aliphatic rings. The van der Waals surface area contributed by atoms with E-state index in [0.29, 0.717) is 18.3 Å². The van der Waals surface area contributed by atoms with Crippen molar-refractivity contribution in [1.29, 1.82) is 0 Å². The van der Waals surface area contributed by atoms with Crippen LogP contribution in [-0.2, 0) is 0 Å². The van der Waals surface area contributed by atoms with Crippen LogP contribution in [0.5, 0.6) is 5.75 Å². The highest BCUT2D eigenvalue weighted by molar-refractivity contribution is 5.29.